The van der Waals surface area contributed by atoms with Crippen LogP contribution < -0.4 is 5.32 Å². The molecule has 0 unspecified atom stereocenters. The number of rotatable bonds is 3. The standard InChI is InChI=1S/C16H11N3O.ClH/c17-10-12-5-4-8-14(9-12)19-16-18-11-15(20-16)13-6-2-1-3-7-13;/h1-9,11H,(H,18,19);1H. The van der Waals surface area contributed by atoms with Gasteiger partial charge in [0.05, 0.1) is 17.8 Å². The van der Waals surface area contributed by atoms with E-state index in [4.69, 9.17) is 9.68 Å². The van der Waals surface area contributed by atoms with Crippen molar-refractivity contribution in [3.8, 4) is 17.4 Å². The molecule has 4 nitrogen and oxygen atoms in total. The number of nitriles is 1. The van der Waals surface area contributed by atoms with E-state index in [-0.39, 0.29) is 12.4 Å². The van der Waals surface area contributed by atoms with Crippen LogP contribution in [0.4, 0.5) is 11.7 Å². The highest BCUT2D eigenvalue weighted by Crippen LogP contribution is 2.24. The lowest BCUT2D eigenvalue weighted by atomic mass is 10.2. The molecule has 1 N–H and O–H groups in total. The van der Waals surface area contributed by atoms with Crippen LogP contribution in [0.3, 0.4) is 0 Å². The van der Waals surface area contributed by atoms with E-state index in [1.807, 2.05) is 42.5 Å². The number of aromatic nitrogens is 1. The van der Waals surface area contributed by atoms with Gasteiger partial charge in [0.15, 0.2) is 5.76 Å². The van der Waals surface area contributed by atoms with Gasteiger partial charge in [-0.05, 0) is 18.2 Å². The third kappa shape index (κ3) is 3.41. The zero-order valence-corrected chi connectivity index (χ0v) is 11.8. The lowest BCUT2D eigenvalue weighted by Gasteiger charge is -2.01. The van der Waals surface area contributed by atoms with Gasteiger partial charge in [-0.1, -0.05) is 36.4 Å². The minimum atomic E-state index is 0. The molecule has 1 aromatic heterocycles. The van der Waals surface area contributed by atoms with Crippen molar-refractivity contribution in [2.24, 2.45) is 0 Å². The Balaban J connectivity index is 0.00000161. The van der Waals surface area contributed by atoms with Crippen molar-refractivity contribution in [3.63, 3.8) is 0 Å². The fourth-order valence-electron chi connectivity index (χ4n) is 1.86. The van der Waals surface area contributed by atoms with Crippen molar-refractivity contribution in [1.82, 2.24) is 4.98 Å². The summed E-state index contributed by atoms with van der Waals surface area (Å²) in [6.07, 6.45) is 1.67. The molecule has 0 spiro atoms. The number of anilines is 2. The van der Waals surface area contributed by atoms with Crippen LogP contribution in [0.2, 0.25) is 0 Å². The summed E-state index contributed by atoms with van der Waals surface area (Å²) >= 11 is 0. The topological polar surface area (TPSA) is 61.9 Å². The molecule has 3 rings (SSSR count). The second-order valence-corrected chi connectivity index (χ2v) is 4.21. The molecule has 21 heavy (non-hydrogen) atoms. The van der Waals surface area contributed by atoms with E-state index in [2.05, 4.69) is 16.4 Å². The summed E-state index contributed by atoms with van der Waals surface area (Å²) in [5.74, 6) is 0.699. The number of nitrogens with one attached hydrogen (secondary N) is 1. The van der Waals surface area contributed by atoms with Crippen molar-refractivity contribution in [3.05, 3.63) is 66.4 Å². The predicted octanol–water partition coefficient (Wildman–Crippen LogP) is 4.38. The van der Waals surface area contributed by atoms with Gasteiger partial charge < -0.3 is 9.73 Å². The van der Waals surface area contributed by atoms with Crippen LogP contribution in [0.25, 0.3) is 11.3 Å². The molecule has 5 heteroatoms. The molecule has 2 aromatic carbocycles. The molecule has 0 aliphatic heterocycles. The normalized spacial score (nSPS) is 9.48. The van der Waals surface area contributed by atoms with E-state index in [1.54, 1.807) is 18.3 Å². The van der Waals surface area contributed by atoms with Gasteiger partial charge in [0.25, 0.3) is 6.01 Å². The van der Waals surface area contributed by atoms with Gasteiger partial charge in [0.2, 0.25) is 0 Å². The fraction of sp³-hybridized carbons (Fsp3) is 0. The van der Waals surface area contributed by atoms with E-state index in [0.29, 0.717) is 17.3 Å². The zero-order chi connectivity index (χ0) is 13.8. The first-order chi connectivity index (χ1) is 9.85. The number of halogens is 1. The molecule has 0 aliphatic carbocycles. The molecule has 0 aliphatic rings. The van der Waals surface area contributed by atoms with Crippen LogP contribution in [0.1, 0.15) is 5.56 Å². The second kappa shape index (κ2) is 6.60. The molecule has 3 aromatic rings. The Bertz CT molecular complexity index is 762. The Labute approximate surface area is 128 Å². The highest BCUT2D eigenvalue weighted by molar-refractivity contribution is 5.85. The Morgan fingerprint density at radius 1 is 1.05 bits per heavy atom. The SMILES string of the molecule is Cl.N#Cc1cccc(Nc2ncc(-c3ccccc3)o2)c1. The minimum absolute atomic E-state index is 0. The van der Waals surface area contributed by atoms with Gasteiger partial charge in [-0.25, -0.2) is 4.98 Å². The molecule has 0 amide bonds. The van der Waals surface area contributed by atoms with Crippen LogP contribution in [0, 0.1) is 11.3 Å². The van der Waals surface area contributed by atoms with Crippen molar-refractivity contribution >= 4 is 24.1 Å². The molecular weight excluding hydrogens is 286 g/mol. The first-order valence-electron chi connectivity index (χ1n) is 6.13. The van der Waals surface area contributed by atoms with E-state index < -0.39 is 0 Å². The number of benzene rings is 2. The minimum Gasteiger partial charge on any atom is -0.423 e. The average molecular weight is 298 g/mol. The van der Waals surface area contributed by atoms with Crippen molar-refractivity contribution in [1.29, 1.82) is 5.26 Å². The van der Waals surface area contributed by atoms with Gasteiger partial charge in [0.1, 0.15) is 0 Å². The van der Waals surface area contributed by atoms with E-state index >= 15 is 0 Å². The third-order valence-corrected chi connectivity index (χ3v) is 2.81. The molecule has 0 saturated heterocycles. The largest absolute Gasteiger partial charge is 0.423 e. The second-order valence-electron chi connectivity index (χ2n) is 4.21. The fourth-order valence-corrected chi connectivity index (χ4v) is 1.86. The molecule has 0 fully saturated rings. The maximum absolute atomic E-state index is 8.86. The first kappa shape index (κ1) is 14.6. The predicted molar refractivity (Wildman–Crippen MR) is 83.6 cm³/mol. The van der Waals surface area contributed by atoms with Gasteiger partial charge in [-0.3, -0.25) is 0 Å². The summed E-state index contributed by atoms with van der Waals surface area (Å²) in [7, 11) is 0. The number of hydrogen-bond donors (Lipinski definition) is 1. The smallest absolute Gasteiger partial charge is 0.299 e. The summed E-state index contributed by atoms with van der Waals surface area (Å²) < 4.78 is 5.64. The summed E-state index contributed by atoms with van der Waals surface area (Å²) in [4.78, 5) is 4.18. The lowest BCUT2D eigenvalue weighted by Crippen LogP contribution is -1.90. The van der Waals surface area contributed by atoms with Crippen LogP contribution in [0.5, 0.6) is 0 Å². The molecule has 104 valence electrons. The zero-order valence-electron chi connectivity index (χ0n) is 11.0. The first-order valence-corrected chi connectivity index (χ1v) is 6.13. The monoisotopic (exact) mass is 297 g/mol. The quantitative estimate of drug-likeness (QED) is 0.779. The Hall–Kier alpha value is -2.77. The van der Waals surface area contributed by atoms with Gasteiger partial charge in [-0.15, -0.1) is 12.4 Å². The summed E-state index contributed by atoms with van der Waals surface area (Å²) in [6.45, 7) is 0. The van der Waals surface area contributed by atoms with Crippen LogP contribution >= 0.6 is 12.4 Å². The van der Waals surface area contributed by atoms with E-state index in [1.165, 1.54) is 0 Å². The van der Waals surface area contributed by atoms with Crippen LogP contribution in [-0.4, -0.2) is 4.98 Å². The molecule has 0 saturated carbocycles. The maximum Gasteiger partial charge on any atom is 0.299 e. The summed E-state index contributed by atoms with van der Waals surface area (Å²) in [5.41, 5.74) is 2.33. The lowest BCUT2D eigenvalue weighted by molar-refractivity contribution is 0.592. The number of hydrogen-bond acceptors (Lipinski definition) is 4. The van der Waals surface area contributed by atoms with Gasteiger partial charge >= 0.3 is 0 Å². The van der Waals surface area contributed by atoms with Crippen molar-refractivity contribution in [2.75, 3.05) is 5.32 Å². The highest BCUT2D eigenvalue weighted by Gasteiger charge is 2.06. The highest BCUT2D eigenvalue weighted by atomic mass is 35.5. The summed E-state index contributed by atoms with van der Waals surface area (Å²) in [6, 6.07) is 19.4. The molecule has 1 heterocycles. The van der Waals surface area contributed by atoms with Crippen molar-refractivity contribution in [2.45, 2.75) is 0 Å². The van der Waals surface area contributed by atoms with E-state index in [9.17, 15) is 0 Å². The molecule has 0 bridgehead atoms. The van der Waals surface area contributed by atoms with Crippen LogP contribution in [-0.2, 0) is 0 Å². The Morgan fingerprint density at radius 2 is 1.86 bits per heavy atom. The molecule has 0 radical (unpaired) electrons. The van der Waals surface area contributed by atoms with Gasteiger partial charge in [0, 0.05) is 11.3 Å². The van der Waals surface area contributed by atoms with Crippen LogP contribution in [0.15, 0.2) is 65.2 Å². The average Bonchev–Trinajstić information content (AvgIpc) is 2.97. The third-order valence-electron chi connectivity index (χ3n) is 2.81. The van der Waals surface area contributed by atoms with Crippen molar-refractivity contribution < 1.29 is 4.42 Å². The van der Waals surface area contributed by atoms with Gasteiger partial charge in [-0.2, -0.15) is 5.26 Å². The Kier molecular flexibility index (Phi) is 4.60. The van der Waals surface area contributed by atoms with E-state index in [0.717, 1.165) is 11.3 Å². The molecule has 0 atom stereocenters. The number of oxazole rings is 1. The molecular formula is C16H12ClN3O. The Morgan fingerprint density at radius 3 is 2.62 bits per heavy atom. The summed E-state index contributed by atoms with van der Waals surface area (Å²) in [5, 5.41) is 11.9. The maximum atomic E-state index is 8.86. The number of nitrogens with zero attached hydrogens (tertiary/aromatic N) is 2.